The molecule has 0 saturated heterocycles. The molecule has 120 valence electrons. The fourth-order valence-corrected chi connectivity index (χ4v) is 2.29. The Morgan fingerprint density at radius 2 is 1.86 bits per heavy atom. The Morgan fingerprint density at radius 3 is 2.32 bits per heavy atom. The third kappa shape index (κ3) is 5.16. The van der Waals surface area contributed by atoms with Crippen molar-refractivity contribution in [1.29, 1.82) is 0 Å². The molecule has 1 aromatic carbocycles. The Bertz CT molecular complexity index is 592. The van der Waals surface area contributed by atoms with E-state index in [9.17, 15) is 24.8 Å². The SMILES string of the molecule is O=C(O)CCC(CC(C(=O)O)c1ccc(Cl)c(Cl)c1)[N+](=O)[O-]. The van der Waals surface area contributed by atoms with Crippen molar-refractivity contribution in [3.8, 4) is 0 Å². The van der Waals surface area contributed by atoms with Crippen molar-refractivity contribution in [1.82, 2.24) is 0 Å². The first kappa shape index (κ1) is 18.2. The van der Waals surface area contributed by atoms with Crippen molar-refractivity contribution in [2.45, 2.75) is 31.2 Å². The number of carboxylic acids is 2. The molecular weight excluding hydrogens is 337 g/mol. The standard InChI is InChI=1S/C13H13Cl2NO6/c14-10-3-1-7(5-11(10)15)9(13(19)20)6-8(16(21)22)2-4-12(17)18/h1,3,5,8-9H,2,4,6H2,(H,17,18)(H,19,20). The summed E-state index contributed by atoms with van der Waals surface area (Å²) in [7, 11) is 0. The summed E-state index contributed by atoms with van der Waals surface area (Å²) in [4.78, 5) is 32.2. The van der Waals surface area contributed by atoms with Crippen molar-refractivity contribution < 1.29 is 24.7 Å². The summed E-state index contributed by atoms with van der Waals surface area (Å²) >= 11 is 11.6. The van der Waals surface area contributed by atoms with E-state index in [0.717, 1.165) is 0 Å². The van der Waals surface area contributed by atoms with Gasteiger partial charge in [-0.1, -0.05) is 29.3 Å². The van der Waals surface area contributed by atoms with Gasteiger partial charge >= 0.3 is 11.9 Å². The number of carbonyl (C=O) groups is 2. The van der Waals surface area contributed by atoms with Gasteiger partial charge in [-0.15, -0.1) is 0 Å². The first-order valence-electron chi connectivity index (χ1n) is 6.25. The lowest BCUT2D eigenvalue weighted by Gasteiger charge is -2.16. The Balaban J connectivity index is 2.98. The van der Waals surface area contributed by atoms with Gasteiger partial charge in [0.25, 0.3) is 0 Å². The van der Waals surface area contributed by atoms with Gasteiger partial charge in [0, 0.05) is 17.8 Å². The van der Waals surface area contributed by atoms with Crippen molar-refractivity contribution in [2.75, 3.05) is 0 Å². The van der Waals surface area contributed by atoms with Crippen LogP contribution in [0.4, 0.5) is 0 Å². The normalized spacial score (nSPS) is 13.4. The molecule has 0 aliphatic carbocycles. The maximum Gasteiger partial charge on any atom is 0.311 e. The number of carboxylic acid groups (broad SMARTS) is 2. The lowest BCUT2D eigenvalue weighted by Crippen LogP contribution is -2.26. The molecule has 0 aromatic heterocycles. The number of nitro groups is 1. The third-order valence-corrected chi connectivity index (χ3v) is 3.88. The second-order valence-corrected chi connectivity index (χ2v) is 5.49. The zero-order valence-electron chi connectivity index (χ0n) is 11.2. The van der Waals surface area contributed by atoms with Gasteiger partial charge in [-0.2, -0.15) is 0 Å². The summed E-state index contributed by atoms with van der Waals surface area (Å²) < 4.78 is 0. The summed E-state index contributed by atoms with van der Waals surface area (Å²) in [5, 5.41) is 29.3. The van der Waals surface area contributed by atoms with E-state index < -0.39 is 35.2 Å². The molecule has 0 radical (unpaired) electrons. The van der Waals surface area contributed by atoms with E-state index in [-0.39, 0.29) is 28.5 Å². The summed E-state index contributed by atoms with van der Waals surface area (Å²) in [6.07, 6.45) is -0.972. The number of aliphatic carboxylic acids is 2. The quantitative estimate of drug-likeness (QED) is 0.549. The molecule has 22 heavy (non-hydrogen) atoms. The van der Waals surface area contributed by atoms with Crippen LogP contribution in [0.5, 0.6) is 0 Å². The van der Waals surface area contributed by atoms with Gasteiger partial charge in [0.05, 0.1) is 22.4 Å². The van der Waals surface area contributed by atoms with E-state index in [4.69, 9.17) is 28.3 Å². The average molecular weight is 350 g/mol. The number of rotatable bonds is 8. The van der Waals surface area contributed by atoms with Crippen LogP contribution >= 0.6 is 23.2 Å². The highest BCUT2D eigenvalue weighted by Crippen LogP contribution is 2.30. The molecule has 0 fully saturated rings. The number of halogens is 2. The minimum Gasteiger partial charge on any atom is -0.481 e. The van der Waals surface area contributed by atoms with Gasteiger partial charge in [0.15, 0.2) is 0 Å². The van der Waals surface area contributed by atoms with E-state index in [1.54, 1.807) is 0 Å². The fourth-order valence-electron chi connectivity index (χ4n) is 1.98. The first-order valence-corrected chi connectivity index (χ1v) is 7.01. The molecule has 1 rings (SSSR count). The van der Waals surface area contributed by atoms with Gasteiger partial charge in [-0.25, -0.2) is 0 Å². The Morgan fingerprint density at radius 1 is 1.23 bits per heavy atom. The zero-order chi connectivity index (χ0) is 16.9. The monoisotopic (exact) mass is 349 g/mol. The minimum atomic E-state index is -1.27. The summed E-state index contributed by atoms with van der Waals surface area (Å²) in [6.45, 7) is 0. The molecule has 0 heterocycles. The number of hydrogen-bond acceptors (Lipinski definition) is 4. The first-order chi connectivity index (χ1) is 10.2. The van der Waals surface area contributed by atoms with Crippen LogP contribution in [0.1, 0.15) is 30.7 Å². The lowest BCUT2D eigenvalue weighted by molar-refractivity contribution is -0.524. The van der Waals surface area contributed by atoms with E-state index >= 15 is 0 Å². The number of nitrogens with zero attached hydrogens (tertiary/aromatic N) is 1. The van der Waals surface area contributed by atoms with Crippen LogP contribution in [-0.2, 0) is 9.59 Å². The molecule has 2 atom stereocenters. The predicted molar refractivity (Wildman–Crippen MR) is 79.1 cm³/mol. The van der Waals surface area contributed by atoms with E-state index in [0.29, 0.717) is 0 Å². The number of benzene rings is 1. The maximum atomic E-state index is 11.4. The van der Waals surface area contributed by atoms with Crippen molar-refractivity contribution in [2.24, 2.45) is 0 Å². The van der Waals surface area contributed by atoms with Gasteiger partial charge in [-0.3, -0.25) is 19.7 Å². The third-order valence-electron chi connectivity index (χ3n) is 3.14. The molecular formula is C13H13Cl2NO6. The van der Waals surface area contributed by atoms with Crippen molar-refractivity contribution in [3.63, 3.8) is 0 Å². The van der Waals surface area contributed by atoms with Crippen LogP contribution in [0.25, 0.3) is 0 Å². The Labute approximate surface area is 135 Å². The zero-order valence-corrected chi connectivity index (χ0v) is 12.8. The molecule has 2 unspecified atom stereocenters. The Hall–Kier alpha value is -1.86. The average Bonchev–Trinajstić information content (AvgIpc) is 2.41. The van der Waals surface area contributed by atoms with Gasteiger partial charge in [-0.05, 0) is 17.7 Å². The molecule has 7 nitrogen and oxygen atoms in total. The predicted octanol–water partition coefficient (Wildman–Crippen LogP) is 3.06. The van der Waals surface area contributed by atoms with Crippen LogP contribution in [-0.4, -0.2) is 33.1 Å². The second-order valence-electron chi connectivity index (χ2n) is 4.67. The van der Waals surface area contributed by atoms with E-state index in [1.807, 2.05) is 0 Å². The van der Waals surface area contributed by atoms with Gasteiger partial charge < -0.3 is 10.2 Å². The maximum absolute atomic E-state index is 11.4. The van der Waals surface area contributed by atoms with Crippen molar-refractivity contribution in [3.05, 3.63) is 43.9 Å². The molecule has 0 bridgehead atoms. The smallest absolute Gasteiger partial charge is 0.311 e. The molecule has 1 aromatic rings. The van der Waals surface area contributed by atoms with Gasteiger partial charge in [0.2, 0.25) is 6.04 Å². The number of hydrogen-bond donors (Lipinski definition) is 2. The molecule has 2 N–H and O–H groups in total. The van der Waals surface area contributed by atoms with Crippen LogP contribution in [0.3, 0.4) is 0 Å². The second kappa shape index (κ2) is 7.95. The fraction of sp³-hybridized carbons (Fsp3) is 0.385. The molecule has 0 aliphatic rings. The molecule has 0 spiro atoms. The van der Waals surface area contributed by atoms with Crippen LogP contribution in [0.15, 0.2) is 18.2 Å². The van der Waals surface area contributed by atoms with Crippen LogP contribution in [0.2, 0.25) is 10.0 Å². The van der Waals surface area contributed by atoms with Gasteiger partial charge in [0.1, 0.15) is 0 Å². The largest absolute Gasteiger partial charge is 0.481 e. The molecule has 0 saturated carbocycles. The van der Waals surface area contributed by atoms with E-state index in [2.05, 4.69) is 0 Å². The minimum absolute atomic E-state index is 0.147. The molecule has 0 amide bonds. The van der Waals surface area contributed by atoms with Crippen LogP contribution in [0, 0.1) is 10.1 Å². The van der Waals surface area contributed by atoms with E-state index in [1.165, 1.54) is 18.2 Å². The highest BCUT2D eigenvalue weighted by Gasteiger charge is 2.31. The highest BCUT2D eigenvalue weighted by atomic mass is 35.5. The van der Waals surface area contributed by atoms with Crippen LogP contribution < -0.4 is 0 Å². The summed E-state index contributed by atoms with van der Waals surface area (Å²) in [6, 6.07) is 2.91. The Kier molecular flexibility index (Phi) is 6.58. The lowest BCUT2D eigenvalue weighted by atomic mass is 9.90. The summed E-state index contributed by atoms with van der Waals surface area (Å²) in [5.41, 5.74) is 0.282. The molecule has 9 heteroatoms. The highest BCUT2D eigenvalue weighted by molar-refractivity contribution is 6.42. The van der Waals surface area contributed by atoms with Crippen molar-refractivity contribution >= 4 is 35.1 Å². The molecule has 0 aliphatic heterocycles. The summed E-state index contributed by atoms with van der Waals surface area (Å²) in [5.74, 6) is -3.59. The topological polar surface area (TPSA) is 118 Å².